The summed E-state index contributed by atoms with van der Waals surface area (Å²) in [6.07, 6.45) is 0. The van der Waals surface area contributed by atoms with E-state index in [1.807, 2.05) is 29.2 Å². The molecule has 1 amide bonds. The van der Waals surface area contributed by atoms with Crippen LogP contribution in [-0.2, 0) is 10.0 Å². The number of rotatable bonds is 5. The monoisotopic (exact) mass is 421 g/mol. The molecule has 1 fully saturated rings. The molecule has 8 heteroatoms. The minimum Gasteiger partial charge on any atom is -0.368 e. The maximum absolute atomic E-state index is 12.8. The van der Waals surface area contributed by atoms with E-state index in [4.69, 9.17) is 11.6 Å². The quantitative estimate of drug-likeness (QED) is 0.744. The number of hydrogen-bond donors (Lipinski definition) is 0. The second-order valence-electron chi connectivity index (χ2n) is 6.67. The van der Waals surface area contributed by atoms with Crippen LogP contribution in [0.1, 0.15) is 17.3 Å². The maximum Gasteiger partial charge on any atom is 0.253 e. The van der Waals surface area contributed by atoms with Crippen molar-refractivity contribution in [3.63, 3.8) is 0 Å². The SMILES string of the molecule is CCS(=O)(=O)N(C)c1ccc(C(=O)N2CCN(c3cccc(Cl)c3)CC2)cc1. The van der Waals surface area contributed by atoms with Crippen molar-refractivity contribution in [2.75, 3.05) is 48.2 Å². The van der Waals surface area contributed by atoms with Crippen molar-refractivity contribution in [2.24, 2.45) is 0 Å². The average Bonchev–Trinajstić information content (AvgIpc) is 2.73. The van der Waals surface area contributed by atoms with Gasteiger partial charge in [0.05, 0.1) is 11.4 Å². The molecule has 2 aromatic rings. The summed E-state index contributed by atoms with van der Waals surface area (Å²) >= 11 is 6.06. The smallest absolute Gasteiger partial charge is 0.253 e. The fourth-order valence-electron chi connectivity index (χ4n) is 3.19. The van der Waals surface area contributed by atoms with Crippen molar-refractivity contribution in [1.82, 2.24) is 4.90 Å². The Morgan fingerprint density at radius 3 is 2.29 bits per heavy atom. The van der Waals surface area contributed by atoms with Crippen LogP contribution in [0.3, 0.4) is 0 Å². The molecule has 150 valence electrons. The van der Waals surface area contributed by atoms with E-state index in [1.54, 1.807) is 31.2 Å². The third kappa shape index (κ3) is 4.42. The number of hydrogen-bond acceptors (Lipinski definition) is 4. The van der Waals surface area contributed by atoms with E-state index in [1.165, 1.54) is 11.4 Å². The number of piperazine rings is 1. The number of benzene rings is 2. The Morgan fingerprint density at radius 2 is 1.71 bits per heavy atom. The number of nitrogens with zero attached hydrogens (tertiary/aromatic N) is 3. The van der Waals surface area contributed by atoms with Crippen LogP contribution in [0.15, 0.2) is 48.5 Å². The molecule has 0 unspecified atom stereocenters. The van der Waals surface area contributed by atoms with Gasteiger partial charge in [-0.25, -0.2) is 8.42 Å². The number of carbonyl (C=O) groups is 1. The second kappa shape index (κ2) is 8.41. The van der Waals surface area contributed by atoms with Gasteiger partial charge in [-0.1, -0.05) is 17.7 Å². The maximum atomic E-state index is 12.8. The molecule has 28 heavy (non-hydrogen) atoms. The normalized spacial score (nSPS) is 14.8. The molecule has 0 atom stereocenters. The van der Waals surface area contributed by atoms with Gasteiger partial charge in [-0.2, -0.15) is 0 Å². The average molecular weight is 422 g/mol. The van der Waals surface area contributed by atoms with E-state index in [0.717, 1.165) is 18.8 Å². The Labute approximate surface area is 171 Å². The Morgan fingerprint density at radius 1 is 1.07 bits per heavy atom. The van der Waals surface area contributed by atoms with E-state index in [9.17, 15) is 13.2 Å². The Bertz CT molecular complexity index is 939. The molecule has 1 heterocycles. The zero-order chi connectivity index (χ0) is 20.3. The van der Waals surface area contributed by atoms with Crippen LogP contribution in [0.4, 0.5) is 11.4 Å². The van der Waals surface area contributed by atoms with Crippen molar-refractivity contribution in [1.29, 1.82) is 0 Å². The van der Waals surface area contributed by atoms with Gasteiger partial charge >= 0.3 is 0 Å². The Hall–Kier alpha value is -2.25. The summed E-state index contributed by atoms with van der Waals surface area (Å²) in [5.74, 6) is -0.0144. The van der Waals surface area contributed by atoms with Crippen LogP contribution in [0.25, 0.3) is 0 Å². The number of anilines is 2. The van der Waals surface area contributed by atoms with Gasteiger partial charge in [0.1, 0.15) is 0 Å². The summed E-state index contributed by atoms with van der Waals surface area (Å²) in [5.41, 5.74) is 2.16. The number of amides is 1. The van der Waals surface area contributed by atoms with Gasteiger partial charge in [0.25, 0.3) is 5.91 Å². The van der Waals surface area contributed by atoms with Crippen LogP contribution in [-0.4, -0.2) is 58.2 Å². The van der Waals surface area contributed by atoms with Gasteiger partial charge in [0, 0.05) is 49.5 Å². The second-order valence-corrected chi connectivity index (χ2v) is 9.40. The third-order valence-corrected chi connectivity index (χ3v) is 7.01. The van der Waals surface area contributed by atoms with Gasteiger partial charge in [-0.3, -0.25) is 9.10 Å². The molecule has 1 aliphatic rings. The van der Waals surface area contributed by atoms with E-state index in [0.29, 0.717) is 29.4 Å². The molecule has 0 aliphatic carbocycles. The highest BCUT2D eigenvalue weighted by Gasteiger charge is 2.23. The first-order valence-corrected chi connectivity index (χ1v) is 11.2. The van der Waals surface area contributed by atoms with Crippen molar-refractivity contribution in [2.45, 2.75) is 6.92 Å². The van der Waals surface area contributed by atoms with Crippen molar-refractivity contribution in [3.05, 3.63) is 59.1 Å². The fourth-order valence-corrected chi connectivity index (χ4v) is 4.21. The Kier molecular flexibility index (Phi) is 6.15. The van der Waals surface area contributed by atoms with E-state index in [2.05, 4.69) is 4.90 Å². The molecule has 0 aromatic heterocycles. The highest BCUT2D eigenvalue weighted by atomic mass is 35.5. The van der Waals surface area contributed by atoms with Crippen molar-refractivity contribution >= 4 is 38.9 Å². The highest BCUT2D eigenvalue weighted by molar-refractivity contribution is 7.92. The predicted molar refractivity (Wildman–Crippen MR) is 114 cm³/mol. The first-order chi connectivity index (χ1) is 13.3. The van der Waals surface area contributed by atoms with E-state index in [-0.39, 0.29) is 11.7 Å². The lowest BCUT2D eigenvalue weighted by Crippen LogP contribution is -2.48. The molecule has 2 aromatic carbocycles. The number of carbonyl (C=O) groups excluding carboxylic acids is 1. The van der Waals surface area contributed by atoms with Gasteiger partial charge in [0.15, 0.2) is 0 Å². The minimum atomic E-state index is -3.32. The standard InChI is InChI=1S/C20H24ClN3O3S/c1-3-28(26,27)22(2)18-9-7-16(8-10-18)20(25)24-13-11-23(12-14-24)19-6-4-5-17(21)15-19/h4-10,15H,3,11-14H2,1-2H3. The van der Waals surface area contributed by atoms with Gasteiger partial charge in [-0.15, -0.1) is 0 Å². The molecular formula is C20H24ClN3O3S. The number of halogens is 1. The molecule has 0 radical (unpaired) electrons. The predicted octanol–water partition coefficient (Wildman–Crippen LogP) is 3.09. The molecule has 1 aliphatic heterocycles. The lowest BCUT2D eigenvalue weighted by Gasteiger charge is -2.36. The van der Waals surface area contributed by atoms with Crippen molar-refractivity contribution < 1.29 is 13.2 Å². The lowest BCUT2D eigenvalue weighted by atomic mass is 10.1. The fraction of sp³-hybridized carbons (Fsp3) is 0.350. The first-order valence-electron chi connectivity index (χ1n) is 9.18. The summed E-state index contributed by atoms with van der Waals surface area (Å²) in [7, 11) is -1.80. The molecule has 0 spiro atoms. The van der Waals surface area contributed by atoms with Gasteiger partial charge < -0.3 is 9.80 Å². The molecule has 0 bridgehead atoms. The summed E-state index contributed by atoms with van der Waals surface area (Å²) in [5, 5.41) is 0.700. The molecule has 0 N–H and O–H groups in total. The highest BCUT2D eigenvalue weighted by Crippen LogP contribution is 2.22. The first kappa shape index (κ1) is 20.5. The zero-order valence-electron chi connectivity index (χ0n) is 16.0. The van der Waals surface area contributed by atoms with Crippen LogP contribution in [0, 0.1) is 0 Å². The molecule has 1 saturated heterocycles. The molecule has 3 rings (SSSR count). The van der Waals surface area contributed by atoms with Crippen LogP contribution in [0.2, 0.25) is 5.02 Å². The molecule has 0 saturated carbocycles. The van der Waals surface area contributed by atoms with Crippen LogP contribution < -0.4 is 9.21 Å². The minimum absolute atomic E-state index is 0.0289. The summed E-state index contributed by atoms with van der Waals surface area (Å²) in [6, 6.07) is 14.4. The summed E-state index contributed by atoms with van der Waals surface area (Å²) in [4.78, 5) is 16.8. The van der Waals surface area contributed by atoms with Crippen molar-refractivity contribution in [3.8, 4) is 0 Å². The van der Waals surface area contributed by atoms with Gasteiger partial charge in [0.2, 0.25) is 10.0 Å². The summed E-state index contributed by atoms with van der Waals surface area (Å²) < 4.78 is 25.2. The largest absolute Gasteiger partial charge is 0.368 e. The number of sulfonamides is 1. The van der Waals surface area contributed by atoms with E-state index < -0.39 is 10.0 Å². The topological polar surface area (TPSA) is 60.9 Å². The zero-order valence-corrected chi connectivity index (χ0v) is 17.6. The summed E-state index contributed by atoms with van der Waals surface area (Å²) in [6.45, 7) is 4.32. The molecular weight excluding hydrogens is 398 g/mol. The Balaban J connectivity index is 1.64. The molecule has 6 nitrogen and oxygen atoms in total. The third-order valence-electron chi connectivity index (χ3n) is 5.00. The van der Waals surface area contributed by atoms with Crippen LogP contribution in [0.5, 0.6) is 0 Å². The van der Waals surface area contributed by atoms with E-state index >= 15 is 0 Å². The van der Waals surface area contributed by atoms with Gasteiger partial charge in [-0.05, 0) is 49.4 Å². The van der Waals surface area contributed by atoms with Crippen LogP contribution >= 0.6 is 11.6 Å². The lowest BCUT2D eigenvalue weighted by molar-refractivity contribution is 0.0747.